The topological polar surface area (TPSA) is 38.9 Å². The average molecular weight is 199 g/mol. The third kappa shape index (κ3) is 2.98. The molecule has 0 bridgehead atoms. The summed E-state index contributed by atoms with van der Waals surface area (Å²) >= 11 is 0. The van der Waals surface area contributed by atoms with Crippen molar-refractivity contribution in [3.05, 3.63) is 30.1 Å². The molecule has 0 aromatic carbocycles. The normalized spacial score (nSPS) is 17.6. The van der Waals surface area contributed by atoms with E-state index in [0.717, 1.165) is 12.3 Å². The molecule has 1 saturated carbocycles. The van der Waals surface area contributed by atoms with E-state index < -0.39 is 0 Å². The van der Waals surface area contributed by atoms with Crippen LogP contribution < -0.4 is 5.73 Å². The van der Waals surface area contributed by atoms with Gasteiger partial charge in [0.05, 0.1) is 0 Å². The van der Waals surface area contributed by atoms with Gasteiger partial charge < -0.3 is 5.73 Å². The van der Waals surface area contributed by atoms with Crippen LogP contribution in [-0.4, -0.2) is 4.98 Å². The summed E-state index contributed by atoms with van der Waals surface area (Å²) in [7, 11) is 0. The molecule has 1 aromatic heterocycles. The maximum Gasteiger partial charge on any atom is 0.0315 e. The molecule has 2 N–H and O–H groups in total. The van der Waals surface area contributed by atoms with Gasteiger partial charge in [-0.1, -0.05) is 18.9 Å². The summed E-state index contributed by atoms with van der Waals surface area (Å²) in [5, 5.41) is 0. The Bertz CT molecular complexity index is 246. The molecule has 1 aliphatic rings. The number of nitrogens with two attached hydrogens (primary N) is 1. The Labute approximate surface area is 85.0 Å². The molecule has 0 radical (unpaired) electrons. The van der Waals surface area contributed by atoms with E-state index in [1.807, 2.05) is 12.3 Å². The third-order valence-corrected chi connectivity index (χ3v) is 2.40. The van der Waals surface area contributed by atoms with Crippen LogP contribution in [0.4, 0.5) is 0 Å². The summed E-state index contributed by atoms with van der Waals surface area (Å²) in [6.45, 7) is 0. The number of pyridine rings is 1. The van der Waals surface area contributed by atoms with Gasteiger partial charge in [0.15, 0.2) is 0 Å². The Morgan fingerprint density at radius 1 is 1.54 bits per heavy atom. The first-order chi connectivity index (χ1) is 5.86. The second-order valence-corrected chi connectivity index (χ2v) is 3.57. The Balaban J connectivity index is 0.000000845. The Morgan fingerprint density at radius 2 is 2.31 bits per heavy atom. The lowest BCUT2D eigenvalue weighted by Crippen LogP contribution is -2.10. The fourth-order valence-corrected chi connectivity index (χ4v) is 1.44. The van der Waals surface area contributed by atoms with Crippen LogP contribution in [0.25, 0.3) is 0 Å². The lowest BCUT2D eigenvalue weighted by molar-refractivity contribution is 0.595. The maximum atomic E-state index is 6.00. The molecule has 1 heterocycles. The van der Waals surface area contributed by atoms with E-state index >= 15 is 0 Å². The predicted octanol–water partition coefficient (Wildman–Crippen LogP) is 2.30. The molecule has 1 aromatic rings. The minimum atomic E-state index is 0. The summed E-state index contributed by atoms with van der Waals surface area (Å²) in [5.74, 6) is 0.889. The first-order valence-electron chi connectivity index (χ1n) is 4.52. The zero-order chi connectivity index (χ0) is 8.39. The summed E-state index contributed by atoms with van der Waals surface area (Å²) in [6, 6.07) is 4.20. The molecule has 2 nitrogen and oxygen atoms in total. The standard InChI is InChI=1S/C10H14N2.ClH/c11-10(6-8-3-4-8)9-2-1-5-12-7-9;/h1-2,5,7-8,10H,3-4,6,11H2;1H. The zero-order valence-corrected chi connectivity index (χ0v) is 8.33. The van der Waals surface area contributed by atoms with Crippen molar-refractivity contribution in [2.45, 2.75) is 25.3 Å². The number of rotatable bonds is 3. The quantitative estimate of drug-likeness (QED) is 0.810. The van der Waals surface area contributed by atoms with Gasteiger partial charge in [-0.15, -0.1) is 12.4 Å². The molecule has 0 saturated heterocycles. The van der Waals surface area contributed by atoms with Crippen LogP contribution in [-0.2, 0) is 0 Å². The summed E-state index contributed by atoms with van der Waals surface area (Å²) in [6.07, 6.45) is 7.52. The molecule has 1 fully saturated rings. The van der Waals surface area contributed by atoms with Crippen molar-refractivity contribution in [2.75, 3.05) is 0 Å². The maximum absolute atomic E-state index is 6.00. The number of hydrogen-bond acceptors (Lipinski definition) is 2. The molecule has 72 valence electrons. The van der Waals surface area contributed by atoms with Crippen LogP contribution >= 0.6 is 12.4 Å². The van der Waals surface area contributed by atoms with Crippen molar-refractivity contribution in [2.24, 2.45) is 11.7 Å². The Morgan fingerprint density at radius 3 is 2.85 bits per heavy atom. The average Bonchev–Trinajstić information content (AvgIpc) is 2.90. The van der Waals surface area contributed by atoms with Gasteiger partial charge in [-0.3, -0.25) is 4.98 Å². The van der Waals surface area contributed by atoms with Crippen LogP contribution in [0.5, 0.6) is 0 Å². The van der Waals surface area contributed by atoms with Crippen LogP contribution in [0.2, 0.25) is 0 Å². The minimum Gasteiger partial charge on any atom is -0.324 e. The molecule has 0 amide bonds. The number of hydrogen-bond donors (Lipinski definition) is 1. The number of halogens is 1. The van der Waals surface area contributed by atoms with Gasteiger partial charge in [0.25, 0.3) is 0 Å². The van der Waals surface area contributed by atoms with Crippen molar-refractivity contribution in [3.63, 3.8) is 0 Å². The van der Waals surface area contributed by atoms with Crippen molar-refractivity contribution in [1.29, 1.82) is 0 Å². The van der Waals surface area contributed by atoms with E-state index in [9.17, 15) is 0 Å². The summed E-state index contributed by atoms with van der Waals surface area (Å²) < 4.78 is 0. The molecule has 1 atom stereocenters. The zero-order valence-electron chi connectivity index (χ0n) is 7.52. The lowest BCUT2D eigenvalue weighted by atomic mass is 10.0. The monoisotopic (exact) mass is 198 g/mol. The molecule has 3 heteroatoms. The van der Waals surface area contributed by atoms with E-state index in [0.29, 0.717) is 0 Å². The highest BCUT2D eigenvalue weighted by Gasteiger charge is 2.24. The highest BCUT2D eigenvalue weighted by atomic mass is 35.5. The molecular formula is C10H15ClN2. The molecule has 0 aliphatic heterocycles. The number of nitrogens with zero attached hydrogens (tertiary/aromatic N) is 1. The van der Waals surface area contributed by atoms with Crippen LogP contribution in [0.3, 0.4) is 0 Å². The van der Waals surface area contributed by atoms with Crippen molar-refractivity contribution in [3.8, 4) is 0 Å². The van der Waals surface area contributed by atoms with Crippen LogP contribution in [0.1, 0.15) is 30.9 Å². The van der Waals surface area contributed by atoms with Gasteiger partial charge in [-0.2, -0.15) is 0 Å². The fraction of sp³-hybridized carbons (Fsp3) is 0.500. The predicted molar refractivity (Wildman–Crippen MR) is 55.8 cm³/mol. The van der Waals surface area contributed by atoms with Gasteiger partial charge in [0.1, 0.15) is 0 Å². The molecule has 1 unspecified atom stereocenters. The molecule has 0 spiro atoms. The molecule has 1 aliphatic carbocycles. The van der Waals surface area contributed by atoms with Gasteiger partial charge in [0.2, 0.25) is 0 Å². The van der Waals surface area contributed by atoms with E-state index in [2.05, 4.69) is 11.1 Å². The summed E-state index contributed by atoms with van der Waals surface area (Å²) in [5.41, 5.74) is 7.17. The highest BCUT2D eigenvalue weighted by Crippen LogP contribution is 2.36. The van der Waals surface area contributed by atoms with Gasteiger partial charge in [-0.25, -0.2) is 0 Å². The van der Waals surface area contributed by atoms with Gasteiger partial charge in [0, 0.05) is 18.4 Å². The van der Waals surface area contributed by atoms with E-state index in [1.165, 1.54) is 18.4 Å². The second kappa shape index (κ2) is 4.58. The largest absolute Gasteiger partial charge is 0.324 e. The lowest BCUT2D eigenvalue weighted by Gasteiger charge is -2.09. The molecule has 2 rings (SSSR count). The van der Waals surface area contributed by atoms with E-state index in [1.54, 1.807) is 6.20 Å². The Kier molecular flexibility index (Phi) is 3.70. The van der Waals surface area contributed by atoms with E-state index in [-0.39, 0.29) is 18.4 Å². The number of aromatic nitrogens is 1. The van der Waals surface area contributed by atoms with Crippen molar-refractivity contribution < 1.29 is 0 Å². The van der Waals surface area contributed by atoms with Crippen LogP contribution in [0.15, 0.2) is 24.5 Å². The summed E-state index contributed by atoms with van der Waals surface area (Å²) in [4.78, 5) is 4.05. The molecular weight excluding hydrogens is 184 g/mol. The fourth-order valence-electron chi connectivity index (χ4n) is 1.44. The highest BCUT2D eigenvalue weighted by molar-refractivity contribution is 5.85. The van der Waals surface area contributed by atoms with E-state index in [4.69, 9.17) is 5.73 Å². The third-order valence-electron chi connectivity index (χ3n) is 2.40. The second-order valence-electron chi connectivity index (χ2n) is 3.57. The van der Waals surface area contributed by atoms with Gasteiger partial charge in [-0.05, 0) is 24.0 Å². The minimum absolute atomic E-state index is 0. The first-order valence-corrected chi connectivity index (χ1v) is 4.52. The van der Waals surface area contributed by atoms with Crippen molar-refractivity contribution in [1.82, 2.24) is 4.98 Å². The Hall–Kier alpha value is -0.600. The van der Waals surface area contributed by atoms with Crippen LogP contribution in [0, 0.1) is 5.92 Å². The smallest absolute Gasteiger partial charge is 0.0315 e. The van der Waals surface area contributed by atoms with Crippen molar-refractivity contribution >= 4 is 12.4 Å². The molecule has 13 heavy (non-hydrogen) atoms. The SMILES string of the molecule is Cl.NC(CC1CC1)c1cccnc1. The first kappa shape index (κ1) is 10.5. The van der Waals surface area contributed by atoms with Gasteiger partial charge >= 0.3 is 0 Å².